The number of nitrogens with zero attached hydrogens (tertiary/aromatic N) is 3. The molecule has 0 unspecified atom stereocenters. The highest BCUT2D eigenvalue weighted by Crippen LogP contribution is 2.36. The normalized spacial score (nSPS) is 12.8. The van der Waals surface area contributed by atoms with E-state index in [9.17, 15) is 14.7 Å². The molecule has 8 nitrogen and oxygen atoms in total. The van der Waals surface area contributed by atoms with Crippen LogP contribution in [0.1, 0.15) is 51.9 Å². The van der Waals surface area contributed by atoms with Crippen molar-refractivity contribution in [1.82, 2.24) is 20.1 Å². The van der Waals surface area contributed by atoms with Gasteiger partial charge in [0.25, 0.3) is 5.91 Å². The molecule has 8 heteroatoms. The van der Waals surface area contributed by atoms with Gasteiger partial charge in [0.05, 0.1) is 6.54 Å². The van der Waals surface area contributed by atoms with Gasteiger partial charge in [-0.15, -0.1) is 0 Å². The van der Waals surface area contributed by atoms with Gasteiger partial charge in [-0.25, -0.2) is 9.78 Å². The quantitative estimate of drug-likeness (QED) is 0.394. The van der Waals surface area contributed by atoms with E-state index in [4.69, 9.17) is 4.74 Å². The van der Waals surface area contributed by atoms with Gasteiger partial charge in [-0.05, 0) is 46.9 Å². The Bertz CT molecular complexity index is 1420. The van der Waals surface area contributed by atoms with Crippen molar-refractivity contribution in [2.45, 2.75) is 32.9 Å². The van der Waals surface area contributed by atoms with Crippen LogP contribution in [0.5, 0.6) is 5.75 Å². The fraction of sp³-hybridized carbons (Fsp3) is 0.214. The summed E-state index contributed by atoms with van der Waals surface area (Å²) in [6.45, 7) is 5.79. The van der Waals surface area contributed by atoms with E-state index in [0.29, 0.717) is 53.9 Å². The number of hydrogen-bond donors (Lipinski definition) is 2. The second-order valence-electron chi connectivity index (χ2n) is 9.00. The van der Waals surface area contributed by atoms with E-state index in [1.165, 1.54) is 17.8 Å². The third-order valence-electron chi connectivity index (χ3n) is 6.22. The highest BCUT2D eigenvalue weighted by atomic mass is 16.5. The molecule has 182 valence electrons. The maximum atomic E-state index is 12.8. The fourth-order valence-electron chi connectivity index (χ4n) is 4.27. The Hall–Kier alpha value is -4.46. The van der Waals surface area contributed by atoms with Gasteiger partial charge in [0, 0.05) is 23.9 Å². The third kappa shape index (κ3) is 4.57. The Labute approximate surface area is 208 Å². The smallest absolute Gasteiger partial charge is 0.354 e. The van der Waals surface area contributed by atoms with Crippen molar-refractivity contribution in [3.8, 4) is 28.1 Å². The molecule has 1 aliphatic rings. The molecule has 1 aliphatic heterocycles. The molecule has 0 radical (unpaired) electrons. The number of carbonyl (C=O) groups excluding carboxylic acids is 1. The first-order chi connectivity index (χ1) is 17.4. The van der Waals surface area contributed by atoms with Crippen molar-refractivity contribution in [3.05, 3.63) is 89.4 Å². The average molecular weight is 483 g/mol. The van der Waals surface area contributed by atoms with Crippen LogP contribution in [0.4, 0.5) is 0 Å². The second-order valence-corrected chi connectivity index (χ2v) is 9.00. The minimum Gasteiger partial charge on any atom is -0.489 e. The van der Waals surface area contributed by atoms with Crippen molar-refractivity contribution in [1.29, 1.82) is 0 Å². The number of hydrogen-bond acceptors (Lipinski definition) is 5. The molecule has 0 fully saturated rings. The number of rotatable bonds is 7. The van der Waals surface area contributed by atoms with Crippen LogP contribution < -0.4 is 10.1 Å². The molecule has 5 rings (SSSR count). The predicted molar refractivity (Wildman–Crippen MR) is 135 cm³/mol. The fourth-order valence-corrected chi connectivity index (χ4v) is 4.27. The largest absolute Gasteiger partial charge is 0.489 e. The van der Waals surface area contributed by atoms with Crippen molar-refractivity contribution in [3.63, 3.8) is 0 Å². The van der Waals surface area contributed by atoms with E-state index >= 15 is 0 Å². The summed E-state index contributed by atoms with van der Waals surface area (Å²) in [5.74, 6) is -0.152. The molecule has 2 aromatic heterocycles. The van der Waals surface area contributed by atoms with Gasteiger partial charge in [-0.2, -0.15) is 5.10 Å². The van der Waals surface area contributed by atoms with E-state index in [0.717, 1.165) is 11.1 Å². The predicted octanol–water partition coefficient (Wildman–Crippen LogP) is 4.76. The molecule has 0 atom stereocenters. The summed E-state index contributed by atoms with van der Waals surface area (Å²) < 4.78 is 7.66. The van der Waals surface area contributed by atoms with Gasteiger partial charge in [-0.1, -0.05) is 50.2 Å². The molecule has 0 saturated heterocycles. The third-order valence-corrected chi connectivity index (χ3v) is 6.22. The van der Waals surface area contributed by atoms with Crippen molar-refractivity contribution in [2.24, 2.45) is 0 Å². The highest BCUT2D eigenvalue weighted by molar-refractivity contribution is 6.03. The first-order valence-corrected chi connectivity index (χ1v) is 11.8. The zero-order valence-electron chi connectivity index (χ0n) is 20.1. The molecule has 0 saturated carbocycles. The summed E-state index contributed by atoms with van der Waals surface area (Å²) in [5.41, 5.74) is 5.28. The second kappa shape index (κ2) is 9.65. The van der Waals surface area contributed by atoms with Crippen LogP contribution in [0.2, 0.25) is 0 Å². The molecule has 1 amide bonds. The summed E-state index contributed by atoms with van der Waals surface area (Å²) in [4.78, 5) is 28.2. The zero-order chi connectivity index (χ0) is 25.2. The summed E-state index contributed by atoms with van der Waals surface area (Å²) in [6, 6.07) is 19.1. The molecule has 36 heavy (non-hydrogen) atoms. The van der Waals surface area contributed by atoms with E-state index < -0.39 is 5.97 Å². The minimum absolute atomic E-state index is 0.0842. The van der Waals surface area contributed by atoms with Crippen LogP contribution in [0, 0.1) is 0 Å². The summed E-state index contributed by atoms with van der Waals surface area (Å²) in [6.07, 6.45) is 1.44. The van der Waals surface area contributed by atoms with Gasteiger partial charge in [0.2, 0.25) is 0 Å². The molecule has 2 aromatic carbocycles. The molecular formula is C28H26N4O4. The van der Waals surface area contributed by atoms with E-state index in [1.807, 2.05) is 24.3 Å². The van der Waals surface area contributed by atoms with Crippen LogP contribution in [0.25, 0.3) is 22.4 Å². The molecular weight excluding hydrogens is 456 g/mol. The number of aromatic nitrogens is 3. The van der Waals surface area contributed by atoms with Crippen molar-refractivity contribution in [2.75, 3.05) is 6.54 Å². The number of carboxylic acids is 1. The van der Waals surface area contributed by atoms with Gasteiger partial charge in [0.1, 0.15) is 29.4 Å². The van der Waals surface area contributed by atoms with Gasteiger partial charge >= 0.3 is 5.97 Å². The molecule has 0 spiro atoms. The number of ether oxygens (including phenoxy) is 1. The summed E-state index contributed by atoms with van der Waals surface area (Å²) in [5, 5.41) is 16.9. The lowest BCUT2D eigenvalue weighted by Crippen LogP contribution is -2.35. The minimum atomic E-state index is -1.12. The number of benzene rings is 2. The van der Waals surface area contributed by atoms with E-state index in [2.05, 4.69) is 53.5 Å². The maximum Gasteiger partial charge on any atom is 0.354 e. The van der Waals surface area contributed by atoms with E-state index in [-0.39, 0.29) is 11.6 Å². The Morgan fingerprint density at radius 2 is 1.83 bits per heavy atom. The number of carbonyl (C=O) groups is 2. The molecule has 0 aliphatic carbocycles. The lowest BCUT2D eigenvalue weighted by molar-refractivity contribution is 0.0690. The number of carboxylic acid groups (broad SMARTS) is 1. The van der Waals surface area contributed by atoms with Gasteiger partial charge in [0.15, 0.2) is 0 Å². The SMILES string of the molecule is CC(C)c1ccc(COc2ccc(-c3c(-c4ccnc(C(=O)O)c4)nn4c3C(=O)NCC4)cc2)cc1. The summed E-state index contributed by atoms with van der Waals surface area (Å²) >= 11 is 0. The highest BCUT2D eigenvalue weighted by Gasteiger charge is 2.28. The zero-order valence-corrected chi connectivity index (χ0v) is 20.1. The average Bonchev–Trinajstić information content (AvgIpc) is 3.29. The summed E-state index contributed by atoms with van der Waals surface area (Å²) in [7, 11) is 0. The Kier molecular flexibility index (Phi) is 6.25. The van der Waals surface area contributed by atoms with Crippen molar-refractivity contribution < 1.29 is 19.4 Å². The number of pyridine rings is 1. The Balaban J connectivity index is 1.45. The maximum absolute atomic E-state index is 12.8. The number of amides is 1. The van der Waals surface area contributed by atoms with Crippen LogP contribution >= 0.6 is 0 Å². The van der Waals surface area contributed by atoms with Gasteiger partial charge in [-0.3, -0.25) is 9.48 Å². The molecule has 3 heterocycles. The lowest BCUT2D eigenvalue weighted by Gasteiger charge is -2.15. The monoisotopic (exact) mass is 482 g/mol. The Morgan fingerprint density at radius 3 is 2.53 bits per heavy atom. The number of nitrogens with one attached hydrogen (secondary N) is 1. The lowest BCUT2D eigenvalue weighted by atomic mass is 9.98. The molecule has 4 aromatic rings. The molecule has 2 N–H and O–H groups in total. The first-order valence-electron chi connectivity index (χ1n) is 11.8. The van der Waals surface area contributed by atoms with Crippen LogP contribution in [-0.4, -0.2) is 38.3 Å². The van der Waals surface area contributed by atoms with E-state index in [1.54, 1.807) is 10.7 Å². The van der Waals surface area contributed by atoms with Crippen LogP contribution in [0.3, 0.4) is 0 Å². The first kappa shape index (κ1) is 23.3. The van der Waals surface area contributed by atoms with Gasteiger partial charge < -0.3 is 15.2 Å². The number of fused-ring (bicyclic) bond motifs is 1. The standard InChI is InChI=1S/C28H26N4O4/c1-17(2)19-5-3-18(4-6-19)16-36-22-9-7-20(8-10-22)24-25(21-11-12-29-23(15-21)28(34)35)31-32-14-13-30-27(33)26(24)32/h3-12,15,17H,13-14,16H2,1-2H3,(H,30,33)(H,34,35). The van der Waals surface area contributed by atoms with Crippen LogP contribution in [0.15, 0.2) is 66.9 Å². The Morgan fingerprint density at radius 1 is 1.08 bits per heavy atom. The van der Waals surface area contributed by atoms with Crippen molar-refractivity contribution >= 4 is 11.9 Å². The van der Waals surface area contributed by atoms with Crippen LogP contribution in [-0.2, 0) is 13.2 Å². The topological polar surface area (TPSA) is 106 Å². The number of aromatic carboxylic acids is 1. The molecule has 0 bridgehead atoms.